The number of aryl methyl sites for hydroxylation is 1. The Bertz CT molecular complexity index is 455. The van der Waals surface area contributed by atoms with Crippen molar-refractivity contribution in [1.82, 2.24) is 10.3 Å². The highest BCUT2D eigenvalue weighted by Crippen LogP contribution is 2.31. The zero-order valence-electron chi connectivity index (χ0n) is 14.8. The van der Waals surface area contributed by atoms with E-state index < -0.39 is 0 Å². The molecule has 3 heteroatoms. The molecule has 0 radical (unpaired) electrons. The molecular weight excluding hydrogens is 260 g/mol. The van der Waals surface area contributed by atoms with Gasteiger partial charge in [-0.25, -0.2) is 0 Å². The van der Waals surface area contributed by atoms with Gasteiger partial charge in [-0.15, -0.1) is 0 Å². The van der Waals surface area contributed by atoms with Crippen molar-refractivity contribution in [2.45, 2.75) is 66.8 Å². The summed E-state index contributed by atoms with van der Waals surface area (Å²) in [6.07, 6.45) is 5.23. The normalized spacial score (nSPS) is 13.3. The maximum atomic E-state index is 5.51. The highest BCUT2D eigenvalue weighted by molar-refractivity contribution is 5.41. The van der Waals surface area contributed by atoms with Gasteiger partial charge in [-0.1, -0.05) is 20.8 Å². The Balaban J connectivity index is 2.79. The summed E-state index contributed by atoms with van der Waals surface area (Å²) in [7, 11) is 1.74. The lowest BCUT2D eigenvalue weighted by Gasteiger charge is -2.29. The van der Waals surface area contributed by atoms with Gasteiger partial charge in [-0.2, -0.15) is 0 Å². The minimum absolute atomic E-state index is 0.220. The zero-order valence-corrected chi connectivity index (χ0v) is 14.8. The molecule has 1 atom stereocenters. The maximum absolute atomic E-state index is 5.51. The van der Waals surface area contributed by atoms with E-state index in [4.69, 9.17) is 4.74 Å². The van der Waals surface area contributed by atoms with Crippen molar-refractivity contribution in [2.75, 3.05) is 13.7 Å². The molecule has 3 nitrogen and oxygen atoms in total. The maximum Gasteiger partial charge on any atom is 0.128 e. The lowest BCUT2D eigenvalue weighted by molar-refractivity contribution is 0.283. The number of methoxy groups -OCH3 is 1. The Morgan fingerprint density at radius 1 is 1.33 bits per heavy atom. The van der Waals surface area contributed by atoms with Gasteiger partial charge in [0.25, 0.3) is 0 Å². The smallest absolute Gasteiger partial charge is 0.128 e. The van der Waals surface area contributed by atoms with Crippen LogP contribution in [0.25, 0.3) is 0 Å². The molecule has 1 heterocycles. The Kier molecular flexibility index (Phi) is 6.66. The third kappa shape index (κ3) is 5.31. The fourth-order valence-corrected chi connectivity index (χ4v) is 3.07. The summed E-state index contributed by atoms with van der Waals surface area (Å²) in [6, 6.07) is 0.535. The van der Waals surface area contributed by atoms with Crippen LogP contribution in [0.2, 0.25) is 0 Å². The van der Waals surface area contributed by atoms with E-state index in [1.165, 1.54) is 12.0 Å². The molecule has 1 aromatic heterocycles. The highest BCUT2D eigenvalue weighted by atomic mass is 16.5. The average Bonchev–Trinajstić information content (AvgIpc) is 2.40. The van der Waals surface area contributed by atoms with Crippen LogP contribution in [0.15, 0.2) is 6.20 Å². The van der Waals surface area contributed by atoms with E-state index in [1.54, 1.807) is 7.11 Å². The topological polar surface area (TPSA) is 34.2 Å². The number of nitrogens with zero attached hydrogens (tertiary/aromatic N) is 1. The molecule has 120 valence electrons. The van der Waals surface area contributed by atoms with Gasteiger partial charge in [0, 0.05) is 29.1 Å². The van der Waals surface area contributed by atoms with Crippen molar-refractivity contribution in [2.24, 2.45) is 5.41 Å². The number of nitrogens with one attached hydrogen (secondary N) is 1. The first kappa shape index (κ1) is 18.0. The molecule has 0 saturated carbocycles. The molecular formula is C18H32N2O. The molecule has 1 aromatic rings. The predicted octanol–water partition coefficient (Wildman–Crippen LogP) is 4.05. The van der Waals surface area contributed by atoms with Crippen molar-refractivity contribution in [3.05, 3.63) is 23.0 Å². The van der Waals surface area contributed by atoms with Gasteiger partial charge in [-0.05, 0) is 52.0 Å². The highest BCUT2D eigenvalue weighted by Gasteiger charge is 2.24. The number of pyridine rings is 1. The quantitative estimate of drug-likeness (QED) is 0.784. The summed E-state index contributed by atoms with van der Waals surface area (Å²) in [5.74, 6) is 0.980. The van der Waals surface area contributed by atoms with Crippen LogP contribution in [0.5, 0.6) is 5.75 Å². The summed E-state index contributed by atoms with van der Waals surface area (Å²) in [5, 5.41) is 3.58. The van der Waals surface area contributed by atoms with E-state index >= 15 is 0 Å². The Morgan fingerprint density at radius 2 is 2.00 bits per heavy atom. The number of hydrogen-bond donors (Lipinski definition) is 1. The van der Waals surface area contributed by atoms with Crippen LogP contribution in [0, 0.1) is 19.3 Å². The molecule has 0 aromatic carbocycles. The third-order valence-corrected chi connectivity index (χ3v) is 4.00. The van der Waals surface area contributed by atoms with Gasteiger partial charge in [0.05, 0.1) is 7.11 Å². The average molecular weight is 292 g/mol. The molecule has 0 aliphatic rings. The number of aromatic nitrogens is 1. The van der Waals surface area contributed by atoms with Crippen molar-refractivity contribution in [3.8, 4) is 5.75 Å². The van der Waals surface area contributed by atoms with Crippen molar-refractivity contribution < 1.29 is 4.74 Å². The molecule has 0 saturated heterocycles. The fourth-order valence-electron chi connectivity index (χ4n) is 3.07. The molecule has 0 aliphatic carbocycles. The summed E-state index contributed by atoms with van der Waals surface area (Å²) in [4.78, 5) is 4.64. The summed E-state index contributed by atoms with van der Waals surface area (Å²) in [5.41, 5.74) is 3.66. The standard InChI is InChI=1S/C18H32N2O/c1-8-9-19-14(3)10-18(5,6)11-16-15(4)17(21-7)13(2)12-20-16/h12,14,19H,8-11H2,1-7H3. The van der Waals surface area contributed by atoms with E-state index in [9.17, 15) is 0 Å². The van der Waals surface area contributed by atoms with Gasteiger partial charge in [0.15, 0.2) is 0 Å². The second-order valence-electron chi connectivity index (χ2n) is 6.95. The zero-order chi connectivity index (χ0) is 16.0. The van der Waals surface area contributed by atoms with Gasteiger partial charge >= 0.3 is 0 Å². The summed E-state index contributed by atoms with van der Waals surface area (Å²) < 4.78 is 5.51. The predicted molar refractivity (Wildman–Crippen MR) is 90.1 cm³/mol. The van der Waals surface area contributed by atoms with Crippen LogP contribution in [-0.2, 0) is 6.42 Å². The van der Waals surface area contributed by atoms with Crippen molar-refractivity contribution in [1.29, 1.82) is 0 Å². The molecule has 1 N–H and O–H groups in total. The molecule has 0 aliphatic heterocycles. The molecule has 0 bridgehead atoms. The van der Waals surface area contributed by atoms with Crippen LogP contribution >= 0.6 is 0 Å². The third-order valence-electron chi connectivity index (χ3n) is 4.00. The molecule has 1 rings (SSSR count). The van der Waals surface area contributed by atoms with E-state index in [0.717, 1.165) is 36.4 Å². The second kappa shape index (κ2) is 7.79. The van der Waals surface area contributed by atoms with E-state index in [0.29, 0.717) is 6.04 Å². The molecule has 1 unspecified atom stereocenters. The second-order valence-corrected chi connectivity index (χ2v) is 6.95. The Labute approximate surface area is 130 Å². The number of rotatable bonds is 8. The van der Waals surface area contributed by atoms with Crippen LogP contribution in [0.4, 0.5) is 0 Å². The van der Waals surface area contributed by atoms with Gasteiger partial charge < -0.3 is 10.1 Å². The van der Waals surface area contributed by atoms with Crippen LogP contribution in [-0.4, -0.2) is 24.7 Å². The van der Waals surface area contributed by atoms with Crippen LogP contribution in [0.1, 0.15) is 57.4 Å². The number of hydrogen-bond acceptors (Lipinski definition) is 3. The molecule has 0 spiro atoms. The summed E-state index contributed by atoms with van der Waals surface area (Å²) >= 11 is 0. The number of ether oxygens (including phenoxy) is 1. The minimum atomic E-state index is 0.220. The Hall–Kier alpha value is -1.09. The summed E-state index contributed by atoms with van der Waals surface area (Å²) in [6.45, 7) is 14.4. The van der Waals surface area contributed by atoms with E-state index in [-0.39, 0.29) is 5.41 Å². The first-order valence-electron chi connectivity index (χ1n) is 8.03. The lowest BCUT2D eigenvalue weighted by atomic mass is 9.81. The lowest BCUT2D eigenvalue weighted by Crippen LogP contribution is -2.33. The van der Waals surface area contributed by atoms with Crippen LogP contribution in [0.3, 0.4) is 0 Å². The first-order valence-corrected chi connectivity index (χ1v) is 8.03. The largest absolute Gasteiger partial charge is 0.496 e. The monoisotopic (exact) mass is 292 g/mol. The fraction of sp³-hybridized carbons (Fsp3) is 0.722. The molecule has 0 fully saturated rings. The molecule has 0 amide bonds. The van der Waals surface area contributed by atoms with Crippen LogP contribution < -0.4 is 10.1 Å². The first-order chi connectivity index (χ1) is 9.80. The SMILES string of the molecule is CCCNC(C)CC(C)(C)Cc1ncc(C)c(OC)c1C. The van der Waals surface area contributed by atoms with Gasteiger partial charge in [-0.3, -0.25) is 4.98 Å². The van der Waals surface area contributed by atoms with E-state index in [2.05, 4.69) is 44.9 Å². The van der Waals surface area contributed by atoms with Crippen molar-refractivity contribution in [3.63, 3.8) is 0 Å². The van der Waals surface area contributed by atoms with Gasteiger partial charge in [0.1, 0.15) is 5.75 Å². The van der Waals surface area contributed by atoms with E-state index in [1.807, 2.05) is 13.1 Å². The minimum Gasteiger partial charge on any atom is -0.496 e. The Morgan fingerprint density at radius 3 is 2.57 bits per heavy atom. The van der Waals surface area contributed by atoms with Crippen molar-refractivity contribution >= 4 is 0 Å². The van der Waals surface area contributed by atoms with Gasteiger partial charge in [0.2, 0.25) is 0 Å². The molecule has 21 heavy (non-hydrogen) atoms.